The van der Waals surface area contributed by atoms with E-state index in [9.17, 15) is 4.79 Å². The van der Waals surface area contributed by atoms with Gasteiger partial charge in [0.15, 0.2) is 0 Å². The minimum absolute atomic E-state index is 0. The van der Waals surface area contributed by atoms with E-state index in [1.165, 1.54) is 6.42 Å². The number of likely N-dealkylation sites (tertiary alicyclic amines) is 1. The van der Waals surface area contributed by atoms with Crippen molar-refractivity contribution in [3.05, 3.63) is 0 Å². The number of likely N-dealkylation sites (N-methyl/N-ethyl adjacent to an activating group) is 1. The maximum atomic E-state index is 11.7. The Morgan fingerprint density at radius 1 is 1.38 bits per heavy atom. The highest BCUT2D eigenvalue weighted by Gasteiger charge is 2.37. The number of fused-ring (bicyclic) bond motifs is 1. The molecule has 16 heavy (non-hydrogen) atoms. The summed E-state index contributed by atoms with van der Waals surface area (Å²) in [4.78, 5) is 15.7. The number of hydrogen-bond donors (Lipinski definition) is 1. The number of nitrogens with zero attached hydrogens (tertiary/aromatic N) is 2. The Hall–Kier alpha value is -0.0300. The summed E-state index contributed by atoms with van der Waals surface area (Å²) in [6.07, 6.45) is 1.23. The second-order valence-electron chi connectivity index (χ2n) is 4.65. The molecule has 2 heterocycles. The molecule has 0 spiro atoms. The zero-order valence-electron chi connectivity index (χ0n) is 9.81. The maximum absolute atomic E-state index is 11.7. The molecule has 2 fully saturated rings. The Kier molecular flexibility index (Phi) is 6.63. The van der Waals surface area contributed by atoms with Crippen LogP contribution in [0, 0.1) is 5.92 Å². The lowest BCUT2D eigenvalue weighted by Gasteiger charge is -2.19. The third-order valence-electron chi connectivity index (χ3n) is 3.17. The molecule has 0 aliphatic carbocycles. The monoisotopic (exact) mass is 269 g/mol. The average Bonchev–Trinajstić information content (AvgIpc) is 2.58. The van der Waals surface area contributed by atoms with E-state index in [2.05, 4.69) is 5.32 Å². The van der Waals surface area contributed by atoms with Crippen molar-refractivity contribution in [2.75, 3.05) is 40.3 Å². The molecule has 96 valence electrons. The normalized spacial score (nSPS) is 27.3. The number of nitrogens with one attached hydrogen (secondary N) is 1. The van der Waals surface area contributed by atoms with Gasteiger partial charge < -0.3 is 15.1 Å². The van der Waals surface area contributed by atoms with E-state index in [0.29, 0.717) is 18.5 Å². The number of amides is 1. The number of carbonyl (C=O) groups excluding carboxylic acids is 1. The van der Waals surface area contributed by atoms with Gasteiger partial charge in [-0.3, -0.25) is 4.79 Å². The highest BCUT2D eigenvalue weighted by atomic mass is 35.5. The number of carbonyl (C=O) groups is 1. The second kappa shape index (κ2) is 6.64. The first-order valence-electron chi connectivity index (χ1n) is 5.32. The number of halogens is 2. The first kappa shape index (κ1) is 16.0. The largest absolute Gasteiger partial charge is 0.340 e. The molecule has 1 amide bonds. The van der Waals surface area contributed by atoms with Crippen molar-refractivity contribution in [2.45, 2.75) is 12.5 Å². The molecule has 0 radical (unpaired) electrons. The van der Waals surface area contributed by atoms with Crippen LogP contribution in [0.1, 0.15) is 6.42 Å². The van der Waals surface area contributed by atoms with E-state index >= 15 is 0 Å². The van der Waals surface area contributed by atoms with Crippen LogP contribution in [0.15, 0.2) is 0 Å². The van der Waals surface area contributed by atoms with Crippen molar-refractivity contribution in [3.63, 3.8) is 0 Å². The molecule has 0 aromatic heterocycles. The Morgan fingerprint density at radius 3 is 2.62 bits per heavy atom. The molecule has 2 aliphatic rings. The fourth-order valence-electron chi connectivity index (χ4n) is 2.42. The van der Waals surface area contributed by atoms with Crippen LogP contribution in [0.2, 0.25) is 0 Å². The predicted molar refractivity (Wildman–Crippen MR) is 69.5 cm³/mol. The van der Waals surface area contributed by atoms with Crippen LogP contribution in [0.25, 0.3) is 0 Å². The third kappa shape index (κ3) is 3.48. The third-order valence-corrected chi connectivity index (χ3v) is 3.17. The lowest BCUT2D eigenvalue weighted by molar-refractivity contribution is -0.131. The van der Waals surface area contributed by atoms with Gasteiger partial charge in [-0.25, -0.2) is 0 Å². The highest BCUT2D eigenvalue weighted by Crippen LogP contribution is 2.24. The van der Waals surface area contributed by atoms with Crippen LogP contribution in [-0.2, 0) is 4.79 Å². The van der Waals surface area contributed by atoms with Gasteiger partial charge in [0, 0.05) is 19.1 Å². The lowest BCUT2D eigenvalue weighted by atomic mass is 10.1. The van der Waals surface area contributed by atoms with E-state index in [-0.39, 0.29) is 30.7 Å². The molecule has 6 heteroatoms. The van der Waals surface area contributed by atoms with E-state index < -0.39 is 0 Å². The molecule has 0 aromatic carbocycles. The van der Waals surface area contributed by atoms with Crippen LogP contribution < -0.4 is 5.32 Å². The Labute approximate surface area is 110 Å². The fraction of sp³-hybridized carbons (Fsp3) is 0.900. The zero-order valence-corrected chi connectivity index (χ0v) is 11.4. The lowest BCUT2D eigenvalue weighted by Crippen LogP contribution is -2.38. The molecule has 2 atom stereocenters. The van der Waals surface area contributed by atoms with E-state index in [1.807, 2.05) is 23.9 Å². The smallest absolute Gasteiger partial charge is 0.236 e. The summed E-state index contributed by atoms with van der Waals surface area (Å²) < 4.78 is 0. The van der Waals surface area contributed by atoms with E-state index in [1.54, 1.807) is 0 Å². The van der Waals surface area contributed by atoms with Crippen molar-refractivity contribution >= 4 is 30.7 Å². The Balaban J connectivity index is 0.00000112. The van der Waals surface area contributed by atoms with Gasteiger partial charge in [0.05, 0.1) is 6.54 Å². The molecule has 2 rings (SSSR count). The minimum atomic E-state index is 0. The van der Waals surface area contributed by atoms with Gasteiger partial charge in [0.1, 0.15) is 0 Å². The van der Waals surface area contributed by atoms with Gasteiger partial charge in [-0.1, -0.05) is 0 Å². The number of hydrogen-bond acceptors (Lipinski definition) is 3. The van der Waals surface area contributed by atoms with Gasteiger partial charge in [-0.2, -0.15) is 0 Å². The fourth-order valence-corrected chi connectivity index (χ4v) is 2.42. The van der Waals surface area contributed by atoms with Gasteiger partial charge in [0.25, 0.3) is 0 Å². The molecular weight excluding hydrogens is 249 g/mol. The highest BCUT2D eigenvalue weighted by molar-refractivity contribution is 5.85. The van der Waals surface area contributed by atoms with Crippen LogP contribution >= 0.6 is 24.8 Å². The predicted octanol–water partition coefficient (Wildman–Crippen LogP) is 0.212. The molecule has 2 aliphatic heterocycles. The molecule has 2 saturated heterocycles. The summed E-state index contributed by atoms with van der Waals surface area (Å²) >= 11 is 0. The van der Waals surface area contributed by atoms with E-state index in [4.69, 9.17) is 0 Å². The van der Waals surface area contributed by atoms with Crippen LogP contribution in [0.5, 0.6) is 0 Å². The minimum Gasteiger partial charge on any atom is -0.340 e. The van der Waals surface area contributed by atoms with Crippen molar-refractivity contribution in [1.82, 2.24) is 15.1 Å². The molecule has 1 N–H and O–H groups in total. The van der Waals surface area contributed by atoms with Crippen LogP contribution in [0.3, 0.4) is 0 Å². The summed E-state index contributed by atoms with van der Waals surface area (Å²) in [7, 11) is 3.88. The van der Waals surface area contributed by atoms with Gasteiger partial charge in [-0.15, -0.1) is 24.8 Å². The van der Waals surface area contributed by atoms with Gasteiger partial charge in [0.2, 0.25) is 5.91 Å². The Bertz CT molecular complexity index is 226. The summed E-state index contributed by atoms with van der Waals surface area (Å²) in [5, 5.41) is 3.45. The molecular formula is C10H21Cl2N3O. The summed E-state index contributed by atoms with van der Waals surface area (Å²) in [6, 6.07) is 0.570. The van der Waals surface area contributed by atoms with Crippen LogP contribution in [0.4, 0.5) is 0 Å². The van der Waals surface area contributed by atoms with Crippen LogP contribution in [-0.4, -0.2) is 62.0 Å². The molecule has 4 nitrogen and oxygen atoms in total. The first-order chi connectivity index (χ1) is 6.66. The SMILES string of the molecule is CN(C)CC(=O)N1C[C@H]2CCN[C@H]2C1.Cl.Cl. The van der Waals surface area contributed by atoms with Crippen molar-refractivity contribution < 1.29 is 4.79 Å². The molecule has 0 unspecified atom stereocenters. The van der Waals surface area contributed by atoms with Crippen molar-refractivity contribution in [3.8, 4) is 0 Å². The quantitative estimate of drug-likeness (QED) is 0.779. The number of rotatable bonds is 2. The molecule has 0 bridgehead atoms. The summed E-state index contributed by atoms with van der Waals surface area (Å²) in [5.74, 6) is 0.979. The summed E-state index contributed by atoms with van der Waals surface area (Å²) in [6.45, 7) is 3.55. The van der Waals surface area contributed by atoms with E-state index in [0.717, 1.165) is 19.6 Å². The standard InChI is InChI=1S/C10H19N3O.2ClH/c1-12(2)7-10(14)13-5-8-3-4-11-9(8)6-13;;/h8-9,11H,3-7H2,1-2H3;2*1H/t8-,9+;;/m1../s1. The van der Waals surface area contributed by atoms with Crippen molar-refractivity contribution in [1.29, 1.82) is 0 Å². The summed E-state index contributed by atoms with van der Waals surface area (Å²) in [5.41, 5.74) is 0. The van der Waals surface area contributed by atoms with Gasteiger partial charge in [-0.05, 0) is 33.0 Å². The molecule has 0 aromatic rings. The second-order valence-corrected chi connectivity index (χ2v) is 4.65. The average molecular weight is 270 g/mol. The zero-order chi connectivity index (χ0) is 10.1. The topological polar surface area (TPSA) is 35.6 Å². The van der Waals surface area contributed by atoms with Gasteiger partial charge >= 0.3 is 0 Å². The Morgan fingerprint density at radius 2 is 2.06 bits per heavy atom. The molecule has 0 saturated carbocycles. The van der Waals surface area contributed by atoms with Crippen molar-refractivity contribution in [2.24, 2.45) is 5.92 Å². The first-order valence-corrected chi connectivity index (χ1v) is 5.32. The maximum Gasteiger partial charge on any atom is 0.236 e.